The van der Waals surface area contributed by atoms with Gasteiger partial charge in [0.05, 0.1) is 5.54 Å². The molecule has 0 aliphatic carbocycles. The quantitative estimate of drug-likeness (QED) is 0.439. The summed E-state index contributed by atoms with van der Waals surface area (Å²) >= 11 is 0. The van der Waals surface area contributed by atoms with Gasteiger partial charge in [0.25, 0.3) is 0 Å². The van der Waals surface area contributed by atoms with Gasteiger partial charge in [0.1, 0.15) is 0 Å². The van der Waals surface area contributed by atoms with E-state index in [-0.39, 0.29) is 5.54 Å². The van der Waals surface area contributed by atoms with Gasteiger partial charge in [0.2, 0.25) is 0 Å². The van der Waals surface area contributed by atoms with Gasteiger partial charge in [-0.2, -0.15) is 0 Å². The lowest BCUT2D eigenvalue weighted by atomic mass is 9.75. The van der Waals surface area contributed by atoms with Gasteiger partial charge in [-0.1, -0.05) is 115 Å². The first-order valence-electron chi connectivity index (χ1n) is 11.1. The molecular weight excluding hydrogens is 376 g/mol. The zero-order chi connectivity index (χ0) is 20.9. The number of piperazine rings is 1. The van der Waals surface area contributed by atoms with Gasteiger partial charge in [-0.15, -0.1) is 0 Å². The zero-order valence-corrected chi connectivity index (χ0v) is 17.7. The third-order valence-electron chi connectivity index (χ3n) is 6.38. The van der Waals surface area contributed by atoms with E-state index in [9.17, 15) is 0 Å². The van der Waals surface area contributed by atoms with E-state index in [0.29, 0.717) is 0 Å². The minimum Gasteiger partial charge on any atom is -0.314 e. The largest absolute Gasteiger partial charge is 0.314 e. The summed E-state index contributed by atoms with van der Waals surface area (Å²) < 4.78 is 0. The van der Waals surface area contributed by atoms with Crippen LogP contribution in [0, 0.1) is 0 Å². The number of hydrogen-bond acceptors (Lipinski definition) is 2. The van der Waals surface area contributed by atoms with Crippen molar-refractivity contribution in [1.82, 2.24) is 10.2 Å². The Bertz CT molecular complexity index is 1040. The number of nitrogens with zero attached hydrogens (tertiary/aromatic N) is 1. The van der Waals surface area contributed by atoms with Crippen LogP contribution < -0.4 is 5.32 Å². The van der Waals surface area contributed by atoms with Crippen LogP contribution in [0.4, 0.5) is 0 Å². The minimum atomic E-state index is -0.320. The molecule has 0 radical (unpaired) electrons. The van der Waals surface area contributed by atoms with Crippen molar-refractivity contribution in [2.24, 2.45) is 0 Å². The highest BCUT2D eigenvalue weighted by molar-refractivity contribution is 5.64. The third kappa shape index (κ3) is 3.69. The molecular formula is C29H28N2. The molecule has 5 rings (SSSR count). The summed E-state index contributed by atoms with van der Waals surface area (Å²) in [5.41, 5.74) is 6.12. The van der Waals surface area contributed by atoms with E-state index in [2.05, 4.69) is 125 Å². The number of hydrogen-bond donors (Lipinski definition) is 1. The standard InChI is InChI=1S/C29H28N2/c1-4-10-24(11-5-1)25-16-18-28(19-17-25)29(26-12-6-2-7-13-26,27-14-8-3-9-15-27)31-22-20-30-21-23-31/h1-19,30H,20-23H2. The van der Waals surface area contributed by atoms with Crippen molar-refractivity contribution in [3.05, 3.63) is 132 Å². The van der Waals surface area contributed by atoms with E-state index >= 15 is 0 Å². The molecule has 0 amide bonds. The molecule has 2 nitrogen and oxygen atoms in total. The monoisotopic (exact) mass is 404 g/mol. The van der Waals surface area contributed by atoms with Crippen LogP contribution in [0.2, 0.25) is 0 Å². The number of nitrogens with one attached hydrogen (secondary N) is 1. The Morgan fingerprint density at radius 1 is 0.484 bits per heavy atom. The maximum atomic E-state index is 3.53. The van der Waals surface area contributed by atoms with Crippen LogP contribution in [-0.4, -0.2) is 31.1 Å². The molecule has 1 aliphatic heterocycles. The van der Waals surface area contributed by atoms with E-state index in [1.807, 2.05) is 0 Å². The Balaban J connectivity index is 1.71. The number of benzene rings is 4. The lowest BCUT2D eigenvalue weighted by molar-refractivity contribution is 0.137. The van der Waals surface area contributed by atoms with E-state index in [0.717, 1.165) is 26.2 Å². The van der Waals surface area contributed by atoms with Crippen LogP contribution in [0.25, 0.3) is 11.1 Å². The van der Waals surface area contributed by atoms with Gasteiger partial charge < -0.3 is 5.32 Å². The van der Waals surface area contributed by atoms with Crippen molar-refractivity contribution in [1.29, 1.82) is 0 Å². The van der Waals surface area contributed by atoms with Crippen LogP contribution >= 0.6 is 0 Å². The molecule has 1 fully saturated rings. The van der Waals surface area contributed by atoms with Crippen molar-refractivity contribution in [2.45, 2.75) is 5.54 Å². The highest BCUT2D eigenvalue weighted by Gasteiger charge is 2.42. The second-order valence-corrected chi connectivity index (χ2v) is 8.12. The van der Waals surface area contributed by atoms with Gasteiger partial charge in [0, 0.05) is 26.2 Å². The molecule has 2 heteroatoms. The van der Waals surface area contributed by atoms with Crippen molar-refractivity contribution in [3.8, 4) is 11.1 Å². The average molecular weight is 405 g/mol. The minimum absolute atomic E-state index is 0.320. The highest BCUT2D eigenvalue weighted by atomic mass is 15.2. The lowest BCUT2D eigenvalue weighted by Gasteiger charge is -2.47. The van der Waals surface area contributed by atoms with Crippen LogP contribution in [0.1, 0.15) is 16.7 Å². The summed E-state index contributed by atoms with van der Waals surface area (Å²) in [5, 5.41) is 3.53. The predicted molar refractivity (Wildman–Crippen MR) is 129 cm³/mol. The summed E-state index contributed by atoms with van der Waals surface area (Å²) in [6.45, 7) is 4.02. The van der Waals surface area contributed by atoms with Gasteiger partial charge in [-0.05, 0) is 27.8 Å². The molecule has 0 spiro atoms. The van der Waals surface area contributed by atoms with Gasteiger partial charge >= 0.3 is 0 Å². The Hall–Kier alpha value is -3.20. The fourth-order valence-corrected chi connectivity index (χ4v) is 4.94. The van der Waals surface area contributed by atoms with Crippen LogP contribution in [0.15, 0.2) is 115 Å². The second kappa shape index (κ2) is 8.89. The summed E-state index contributed by atoms with van der Waals surface area (Å²) in [4.78, 5) is 2.64. The van der Waals surface area contributed by atoms with E-state index < -0.39 is 0 Å². The molecule has 4 aromatic rings. The van der Waals surface area contributed by atoms with E-state index in [1.165, 1.54) is 27.8 Å². The van der Waals surface area contributed by atoms with Gasteiger partial charge in [0.15, 0.2) is 0 Å². The lowest BCUT2D eigenvalue weighted by Crippen LogP contribution is -2.55. The first-order chi connectivity index (χ1) is 15.4. The number of rotatable bonds is 5. The Labute approximate surface area is 185 Å². The summed E-state index contributed by atoms with van der Waals surface area (Å²) in [5.74, 6) is 0. The molecule has 0 unspecified atom stereocenters. The Morgan fingerprint density at radius 3 is 1.42 bits per heavy atom. The Morgan fingerprint density at radius 2 is 0.903 bits per heavy atom. The molecule has 4 aromatic carbocycles. The molecule has 0 atom stereocenters. The predicted octanol–water partition coefficient (Wildman–Crippen LogP) is 5.55. The first kappa shape index (κ1) is 19.7. The average Bonchev–Trinajstić information content (AvgIpc) is 2.88. The second-order valence-electron chi connectivity index (χ2n) is 8.12. The molecule has 0 saturated carbocycles. The molecule has 31 heavy (non-hydrogen) atoms. The SMILES string of the molecule is c1ccc(-c2ccc(C(c3ccccc3)(c3ccccc3)N3CCNCC3)cc2)cc1. The van der Waals surface area contributed by atoms with Gasteiger partial charge in [-0.3, -0.25) is 4.90 Å². The van der Waals surface area contributed by atoms with Crippen molar-refractivity contribution in [2.75, 3.05) is 26.2 Å². The summed E-state index contributed by atoms with van der Waals surface area (Å²) in [7, 11) is 0. The summed E-state index contributed by atoms with van der Waals surface area (Å²) in [6, 6.07) is 41.8. The van der Waals surface area contributed by atoms with E-state index in [4.69, 9.17) is 0 Å². The Kier molecular flexibility index (Phi) is 5.66. The van der Waals surface area contributed by atoms with Crippen molar-refractivity contribution >= 4 is 0 Å². The smallest absolute Gasteiger partial charge is 0.0973 e. The van der Waals surface area contributed by atoms with Crippen LogP contribution in [0.3, 0.4) is 0 Å². The van der Waals surface area contributed by atoms with E-state index in [1.54, 1.807) is 0 Å². The fraction of sp³-hybridized carbons (Fsp3) is 0.172. The van der Waals surface area contributed by atoms with Crippen LogP contribution in [0.5, 0.6) is 0 Å². The molecule has 1 aliphatic rings. The molecule has 1 saturated heterocycles. The first-order valence-corrected chi connectivity index (χ1v) is 11.1. The molecule has 154 valence electrons. The third-order valence-corrected chi connectivity index (χ3v) is 6.38. The molecule has 1 N–H and O–H groups in total. The molecule has 1 heterocycles. The highest BCUT2D eigenvalue weighted by Crippen LogP contribution is 2.43. The maximum absolute atomic E-state index is 3.53. The topological polar surface area (TPSA) is 15.3 Å². The van der Waals surface area contributed by atoms with Gasteiger partial charge in [-0.25, -0.2) is 0 Å². The normalized spacial score (nSPS) is 15.0. The van der Waals surface area contributed by atoms with Crippen molar-refractivity contribution in [3.63, 3.8) is 0 Å². The fourth-order valence-electron chi connectivity index (χ4n) is 4.94. The molecule has 0 bridgehead atoms. The maximum Gasteiger partial charge on any atom is 0.0973 e. The molecule has 0 aromatic heterocycles. The van der Waals surface area contributed by atoms with Crippen molar-refractivity contribution < 1.29 is 0 Å². The zero-order valence-electron chi connectivity index (χ0n) is 17.7. The summed E-state index contributed by atoms with van der Waals surface area (Å²) in [6.07, 6.45) is 0. The van der Waals surface area contributed by atoms with Crippen LogP contribution in [-0.2, 0) is 5.54 Å².